The molecule has 0 amide bonds. The lowest BCUT2D eigenvalue weighted by Gasteiger charge is -2.06. The highest BCUT2D eigenvalue weighted by Gasteiger charge is 2.04. The molecule has 2 heteroatoms. The van der Waals surface area contributed by atoms with E-state index >= 15 is 0 Å². The standard InChI is InChI=1S/C5H10N2.C2H6/c1-7-3-2-5(6)4-7;1-2/h2-3,5H,4,6H2,1H3;1-2H3. The van der Waals surface area contributed by atoms with Crippen molar-refractivity contribution in [3.05, 3.63) is 12.3 Å². The van der Waals surface area contributed by atoms with Crippen molar-refractivity contribution in [1.29, 1.82) is 0 Å². The van der Waals surface area contributed by atoms with Crippen molar-refractivity contribution in [2.45, 2.75) is 19.9 Å². The lowest BCUT2D eigenvalue weighted by Crippen LogP contribution is -2.24. The summed E-state index contributed by atoms with van der Waals surface area (Å²) >= 11 is 0. The Hall–Kier alpha value is -0.500. The van der Waals surface area contributed by atoms with Crippen LogP contribution < -0.4 is 5.73 Å². The molecule has 0 bridgehead atoms. The van der Waals surface area contributed by atoms with Crippen LogP contribution in [0.3, 0.4) is 0 Å². The second-order valence-electron chi connectivity index (χ2n) is 1.94. The van der Waals surface area contributed by atoms with Crippen LogP contribution in [0.2, 0.25) is 0 Å². The van der Waals surface area contributed by atoms with E-state index < -0.39 is 0 Å². The first-order valence-electron chi connectivity index (χ1n) is 3.43. The van der Waals surface area contributed by atoms with E-state index in [1.165, 1.54) is 0 Å². The maximum atomic E-state index is 5.50. The van der Waals surface area contributed by atoms with E-state index in [-0.39, 0.29) is 6.04 Å². The van der Waals surface area contributed by atoms with Gasteiger partial charge in [-0.25, -0.2) is 0 Å². The van der Waals surface area contributed by atoms with E-state index in [9.17, 15) is 0 Å². The van der Waals surface area contributed by atoms with Gasteiger partial charge in [0.1, 0.15) is 0 Å². The highest BCUT2D eigenvalue weighted by atomic mass is 15.1. The minimum atomic E-state index is 0.269. The Morgan fingerprint density at radius 3 is 2.22 bits per heavy atom. The molecule has 1 aliphatic rings. The summed E-state index contributed by atoms with van der Waals surface area (Å²) in [5.74, 6) is 0. The van der Waals surface area contributed by atoms with Crippen LogP contribution in [0, 0.1) is 0 Å². The van der Waals surface area contributed by atoms with Crippen molar-refractivity contribution in [3.8, 4) is 0 Å². The normalized spacial score (nSPS) is 23.6. The summed E-state index contributed by atoms with van der Waals surface area (Å²) in [4.78, 5) is 2.07. The topological polar surface area (TPSA) is 29.3 Å². The molecule has 0 aromatic rings. The molecular formula is C7H16N2. The van der Waals surface area contributed by atoms with Crippen LogP contribution in [0.25, 0.3) is 0 Å². The van der Waals surface area contributed by atoms with Gasteiger partial charge in [0.2, 0.25) is 0 Å². The molecule has 0 spiro atoms. The van der Waals surface area contributed by atoms with Gasteiger partial charge in [-0.05, 0) is 6.20 Å². The Morgan fingerprint density at radius 1 is 1.56 bits per heavy atom. The van der Waals surface area contributed by atoms with Crippen LogP contribution in [0.15, 0.2) is 12.3 Å². The van der Waals surface area contributed by atoms with Crippen molar-refractivity contribution in [2.75, 3.05) is 13.6 Å². The molecule has 0 saturated heterocycles. The van der Waals surface area contributed by atoms with Gasteiger partial charge in [0.15, 0.2) is 0 Å². The number of likely N-dealkylation sites (N-methyl/N-ethyl adjacent to an activating group) is 1. The highest BCUT2D eigenvalue weighted by Crippen LogP contribution is 1.97. The Labute approximate surface area is 57.3 Å². The minimum Gasteiger partial charge on any atom is -0.379 e. The molecule has 0 saturated carbocycles. The lowest BCUT2D eigenvalue weighted by molar-refractivity contribution is 0.474. The predicted molar refractivity (Wildman–Crippen MR) is 41.1 cm³/mol. The number of nitrogens with zero attached hydrogens (tertiary/aromatic N) is 1. The fraction of sp³-hybridized carbons (Fsp3) is 0.714. The number of hydrogen-bond acceptors (Lipinski definition) is 2. The van der Waals surface area contributed by atoms with Crippen LogP contribution in [0.1, 0.15) is 13.8 Å². The Kier molecular flexibility index (Phi) is 4.14. The van der Waals surface area contributed by atoms with Gasteiger partial charge in [-0.2, -0.15) is 0 Å². The van der Waals surface area contributed by atoms with Crippen LogP contribution in [-0.2, 0) is 0 Å². The highest BCUT2D eigenvalue weighted by molar-refractivity contribution is 4.99. The van der Waals surface area contributed by atoms with Crippen molar-refractivity contribution >= 4 is 0 Å². The summed E-state index contributed by atoms with van der Waals surface area (Å²) < 4.78 is 0. The maximum absolute atomic E-state index is 5.50. The number of nitrogens with two attached hydrogens (primary N) is 1. The van der Waals surface area contributed by atoms with Crippen LogP contribution >= 0.6 is 0 Å². The molecule has 0 fully saturated rings. The first kappa shape index (κ1) is 8.50. The van der Waals surface area contributed by atoms with Gasteiger partial charge in [0.25, 0.3) is 0 Å². The maximum Gasteiger partial charge on any atom is 0.0419 e. The molecule has 2 N–H and O–H groups in total. The molecule has 0 aliphatic carbocycles. The third kappa shape index (κ3) is 3.14. The van der Waals surface area contributed by atoms with E-state index in [0.717, 1.165) is 6.54 Å². The third-order valence-electron chi connectivity index (χ3n) is 1.09. The first-order chi connectivity index (χ1) is 4.29. The van der Waals surface area contributed by atoms with E-state index in [4.69, 9.17) is 5.73 Å². The van der Waals surface area contributed by atoms with E-state index in [2.05, 4.69) is 4.90 Å². The summed E-state index contributed by atoms with van der Waals surface area (Å²) in [7, 11) is 2.02. The SMILES string of the molecule is CC.CN1C=CC(N)C1. The number of rotatable bonds is 0. The fourth-order valence-electron chi connectivity index (χ4n) is 0.712. The second-order valence-corrected chi connectivity index (χ2v) is 1.94. The summed E-state index contributed by atoms with van der Waals surface area (Å²) in [6.45, 7) is 4.97. The van der Waals surface area contributed by atoms with Crippen molar-refractivity contribution in [2.24, 2.45) is 5.73 Å². The average Bonchev–Trinajstić information content (AvgIpc) is 2.20. The number of hydrogen-bond donors (Lipinski definition) is 1. The van der Waals surface area contributed by atoms with Crippen LogP contribution in [0.4, 0.5) is 0 Å². The van der Waals surface area contributed by atoms with Crippen LogP contribution in [0.5, 0.6) is 0 Å². The van der Waals surface area contributed by atoms with Gasteiger partial charge < -0.3 is 10.6 Å². The zero-order valence-corrected chi connectivity index (χ0v) is 6.46. The van der Waals surface area contributed by atoms with Crippen LogP contribution in [-0.4, -0.2) is 24.5 Å². The predicted octanol–water partition coefficient (Wildman–Crippen LogP) is 0.799. The molecule has 0 aromatic carbocycles. The van der Waals surface area contributed by atoms with E-state index in [1.54, 1.807) is 0 Å². The average molecular weight is 128 g/mol. The Balaban J connectivity index is 0.000000291. The molecule has 0 radical (unpaired) electrons. The van der Waals surface area contributed by atoms with Gasteiger partial charge in [-0.15, -0.1) is 0 Å². The molecule has 1 unspecified atom stereocenters. The summed E-state index contributed by atoms with van der Waals surface area (Å²) in [5.41, 5.74) is 5.50. The van der Waals surface area contributed by atoms with E-state index in [1.807, 2.05) is 33.2 Å². The molecule has 1 rings (SSSR count). The Bertz CT molecular complexity index is 78.9. The van der Waals surface area contributed by atoms with E-state index in [0.29, 0.717) is 0 Å². The zero-order valence-electron chi connectivity index (χ0n) is 6.46. The lowest BCUT2D eigenvalue weighted by atomic mass is 10.4. The zero-order chi connectivity index (χ0) is 7.28. The van der Waals surface area contributed by atoms with Gasteiger partial charge in [-0.3, -0.25) is 0 Å². The monoisotopic (exact) mass is 128 g/mol. The summed E-state index contributed by atoms with van der Waals surface area (Å²) in [5, 5.41) is 0. The Morgan fingerprint density at radius 2 is 2.11 bits per heavy atom. The largest absolute Gasteiger partial charge is 0.379 e. The molecule has 1 aliphatic heterocycles. The van der Waals surface area contributed by atoms with Crippen molar-refractivity contribution in [3.63, 3.8) is 0 Å². The summed E-state index contributed by atoms with van der Waals surface area (Å²) in [6.07, 6.45) is 4.00. The van der Waals surface area contributed by atoms with Gasteiger partial charge in [-0.1, -0.05) is 19.9 Å². The summed E-state index contributed by atoms with van der Waals surface area (Å²) in [6, 6.07) is 0.269. The minimum absolute atomic E-state index is 0.269. The van der Waals surface area contributed by atoms with Gasteiger partial charge in [0.05, 0.1) is 0 Å². The van der Waals surface area contributed by atoms with Crippen molar-refractivity contribution < 1.29 is 0 Å². The second kappa shape index (κ2) is 4.39. The van der Waals surface area contributed by atoms with Gasteiger partial charge >= 0.3 is 0 Å². The molecule has 54 valence electrons. The molecule has 0 aromatic heterocycles. The first-order valence-corrected chi connectivity index (χ1v) is 3.43. The smallest absolute Gasteiger partial charge is 0.0419 e. The molecule has 9 heavy (non-hydrogen) atoms. The van der Waals surface area contributed by atoms with Gasteiger partial charge in [0, 0.05) is 19.6 Å². The van der Waals surface area contributed by atoms with Crippen molar-refractivity contribution in [1.82, 2.24) is 4.90 Å². The molecule has 1 heterocycles. The molecular weight excluding hydrogens is 112 g/mol. The molecule has 2 nitrogen and oxygen atoms in total. The quantitative estimate of drug-likeness (QED) is 0.523. The third-order valence-corrected chi connectivity index (χ3v) is 1.09. The fourth-order valence-corrected chi connectivity index (χ4v) is 0.712. The molecule has 1 atom stereocenters.